The van der Waals surface area contributed by atoms with Gasteiger partial charge in [-0.25, -0.2) is 0 Å². The van der Waals surface area contributed by atoms with Gasteiger partial charge in [0.05, 0.1) is 0 Å². The van der Waals surface area contributed by atoms with E-state index >= 15 is 0 Å². The van der Waals surface area contributed by atoms with Crippen LogP contribution in [0.3, 0.4) is 0 Å². The average molecular weight is 538 g/mol. The summed E-state index contributed by atoms with van der Waals surface area (Å²) in [6.07, 6.45) is 0. The molecule has 5 rings (SSSR count). The molecule has 194 valence electrons. The van der Waals surface area contributed by atoms with Crippen LogP contribution in [0.5, 0.6) is 11.5 Å². The van der Waals surface area contributed by atoms with Crippen molar-refractivity contribution in [2.45, 2.75) is 0 Å². The van der Waals surface area contributed by atoms with Crippen LogP contribution in [0.15, 0.2) is 140 Å². The van der Waals surface area contributed by atoms with Crippen LogP contribution in [0.4, 0.5) is 11.4 Å². The van der Waals surface area contributed by atoms with Gasteiger partial charge in [-0.15, -0.1) is 0 Å². The normalized spacial score (nSPS) is 12.1. The zero-order chi connectivity index (χ0) is 27.3. The van der Waals surface area contributed by atoms with Crippen LogP contribution < -0.4 is 25.0 Å². The van der Waals surface area contributed by atoms with E-state index in [1.165, 1.54) is 24.3 Å². The summed E-state index contributed by atoms with van der Waals surface area (Å²) in [6.45, 7) is 0. The summed E-state index contributed by atoms with van der Waals surface area (Å²) in [5.41, 5.74) is -0.142. The van der Waals surface area contributed by atoms with Gasteiger partial charge in [0.1, 0.15) is 0 Å². The first-order chi connectivity index (χ1) is 18.9. The first-order valence-corrected chi connectivity index (χ1v) is 14.1. The first kappa shape index (κ1) is 25.6. The maximum absolute atomic E-state index is 11.3. The van der Waals surface area contributed by atoms with Crippen LogP contribution in [0.1, 0.15) is 0 Å². The van der Waals surface area contributed by atoms with Gasteiger partial charge in [0.25, 0.3) is 0 Å². The molecule has 0 N–H and O–H groups in total. The molecule has 0 bridgehead atoms. The molecule has 0 aliphatic rings. The van der Waals surface area contributed by atoms with Crippen molar-refractivity contribution in [1.82, 2.24) is 0 Å². The summed E-state index contributed by atoms with van der Waals surface area (Å²) >= 11 is 0. The number of hydrogen-bond acceptors (Lipinski definition) is 6. The fourth-order valence-corrected chi connectivity index (χ4v) is 9.29. The molecule has 0 amide bonds. The van der Waals surface area contributed by atoms with Gasteiger partial charge in [-0.05, 0) is 0 Å². The number of hydrogen-bond donors (Lipinski definition) is 0. The second-order valence-electron chi connectivity index (χ2n) is 8.65. The van der Waals surface area contributed by atoms with E-state index in [9.17, 15) is 20.2 Å². The Labute approximate surface area is 224 Å². The van der Waals surface area contributed by atoms with Crippen LogP contribution in [-0.4, -0.2) is 9.85 Å². The zero-order valence-electron chi connectivity index (χ0n) is 20.6. The second kappa shape index (κ2) is 10.4. The Balaban J connectivity index is 1.87. The SMILES string of the molecule is O=[N+]([O-])c1ccc(OP(Oc2ccc([N+](=O)[O-])cc2)(c2ccccc2)(c2ccccc2)c2ccccc2)cc1. The van der Waals surface area contributed by atoms with Gasteiger partial charge in [0.15, 0.2) is 0 Å². The number of nitro benzene ring substituents is 2. The molecule has 0 aliphatic carbocycles. The molecule has 8 nitrogen and oxygen atoms in total. The number of nitrogens with zero attached hydrogens (tertiary/aromatic N) is 2. The second-order valence-corrected chi connectivity index (χ2v) is 12.5. The number of benzene rings is 5. The van der Waals surface area contributed by atoms with Crippen molar-refractivity contribution in [2.75, 3.05) is 0 Å². The van der Waals surface area contributed by atoms with E-state index in [1.54, 1.807) is 24.3 Å². The van der Waals surface area contributed by atoms with Crippen LogP contribution in [0.25, 0.3) is 0 Å². The molecule has 0 aromatic heterocycles. The van der Waals surface area contributed by atoms with Crippen molar-refractivity contribution in [1.29, 1.82) is 0 Å². The Hall–Kier alpha value is -5.07. The molecule has 0 unspecified atom stereocenters. The average Bonchev–Trinajstić information content (AvgIpc) is 2.99. The molecule has 0 saturated carbocycles. The number of rotatable bonds is 9. The van der Waals surface area contributed by atoms with E-state index in [1.807, 2.05) is 91.0 Å². The molecule has 0 spiro atoms. The van der Waals surface area contributed by atoms with Crippen molar-refractivity contribution in [3.63, 3.8) is 0 Å². The van der Waals surface area contributed by atoms with Gasteiger partial charge in [0, 0.05) is 0 Å². The number of nitro groups is 2. The van der Waals surface area contributed by atoms with E-state index in [4.69, 9.17) is 9.05 Å². The Morgan fingerprint density at radius 2 is 0.718 bits per heavy atom. The predicted molar refractivity (Wildman–Crippen MR) is 153 cm³/mol. The number of non-ortho nitro benzene ring substituents is 2. The van der Waals surface area contributed by atoms with Crippen molar-refractivity contribution >= 4 is 34.3 Å². The summed E-state index contributed by atoms with van der Waals surface area (Å²) in [7, 11) is -4.42. The van der Waals surface area contributed by atoms with E-state index in [-0.39, 0.29) is 11.4 Å². The summed E-state index contributed by atoms with van der Waals surface area (Å²) in [5.74, 6) is 0.716. The molecule has 5 aromatic rings. The molecule has 0 atom stereocenters. The maximum atomic E-state index is 11.3. The molecule has 39 heavy (non-hydrogen) atoms. The summed E-state index contributed by atoms with van der Waals surface area (Å²) < 4.78 is 14.2. The molecule has 0 radical (unpaired) electrons. The topological polar surface area (TPSA) is 105 Å². The summed E-state index contributed by atoms with van der Waals surface area (Å²) in [6, 6.07) is 40.3. The van der Waals surface area contributed by atoms with Gasteiger partial charge in [-0.2, -0.15) is 0 Å². The molecule has 0 aliphatic heterocycles. The first-order valence-electron chi connectivity index (χ1n) is 12.0. The Bertz CT molecular complexity index is 1430. The molecular weight excluding hydrogens is 515 g/mol. The third-order valence-electron chi connectivity index (χ3n) is 6.33. The van der Waals surface area contributed by atoms with Gasteiger partial charge in [-0.1, -0.05) is 0 Å². The van der Waals surface area contributed by atoms with E-state index < -0.39 is 16.9 Å². The Morgan fingerprint density at radius 1 is 0.436 bits per heavy atom. The summed E-state index contributed by atoms with van der Waals surface area (Å²) in [5, 5.41) is 24.9. The Kier molecular flexibility index (Phi) is 6.79. The quantitative estimate of drug-likeness (QED) is 0.124. The standard InChI is InChI=1S/C30H23N2O6P/c33-31(34)24-16-20-26(21-17-24)37-39(28-10-4-1-5-11-28,29-12-6-2-7-13-29,30-14-8-3-9-15-30)38-27-22-18-25(19-23-27)32(35)36/h1-23H. The Morgan fingerprint density at radius 3 is 0.974 bits per heavy atom. The molecule has 9 heteroatoms. The summed E-state index contributed by atoms with van der Waals surface area (Å²) in [4.78, 5) is 21.7. The van der Waals surface area contributed by atoms with Crippen LogP contribution in [0, 0.1) is 20.2 Å². The van der Waals surface area contributed by atoms with Crippen molar-refractivity contribution in [2.24, 2.45) is 0 Å². The van der Waals surface area contributed by atoms with Crippen LogP contribution >= 0.6 is 7.06 Å². The zero-order valence-corrected chi connectivity index (χ0v) is 21.5. The monoisotopic (exact) mass is 538 g/mol. The molecule has 5 aromatic carbocycles. The van der Waals surface area contributed by atoms with Gasteiger partial charge in [-0.3, -0.25) is 0 Å². The van der Waals surface area contributed by atoms with Crippen molar-refractivity contribution in [3.05, 3.63) is 160 Å². The van der Waals surface area contributed by atoms with Crippen LogP contribution in [0.2, 0.25) is 0 Å². The van der Waals surface area contributed by atoms with Crippen molar-refractivity contribution in [3.8, 4) is 11.5 Å². The third kappa shape index (κ3) is 4.58. The predicted octanol–water partition coefficient (Wildman–Crippen LogP) is 6.32. The van der Waals surface area contributed by atoms with Crippen LogP contribution in [-0.2, 0) is 0 Å². The fourth-order valence-electron chi connectivity index (χ4n) is 4.54. The molecular formula is C30H23N2O6P. The molecule has 0 fully saturated rings. The van der Waals surface area contributed by atoms with Crippen molar-refractivity contribution < 1.29 is 18.9 Å². The third-order valence-corrected chi connectivity index (χ3v) is 11.2. The van der Waals surface area contributed by atoms with Gasteiger partial charge >= 0.3 is 224 Å². The van der Waals surface area contributed by atoms with Gasteiger partial charge in [0.2, 0.25) is 0 Å². The minimum atomic E-state index is -4.42. The minimum absolute atomic E-state index is 0.0712. The van der Waals surface area contributed by atoms with E-state index in [0.29, 0.717) is 11.5 Å². The van der Waals surface area contributed by atoms with E-state index in [2.05, 4.69) is 0 Å². The van der Waals surface area contributed by atoms with Gasteiger partial charge < -0.3 is 0 Å². The molecule has 0 heterocycles. The van der Waals surface area contributed by atoms with E-state index in [0.717, 1.165) is 15.9 Å². The molecule has 0 saturated heterocycles. The fraction of sp³-hybridized carbons (Fsp3) is 0.